The fourth-order valence-electron chi connectivity index (χ4n) is 3.53. The maximum atomic E-state index is 12.7. The van der Waals surface area contributed by atoms with Crippen LogP contribution in [0.4, 0.5) is 4.79 Å². The number of ether oxygens (including phenoxy) is 1. The largest absolute Gasteiger partial charge is 0.368 e. The average Bonchev–Trinajstić information content (AvgIpc) is 3.38. The summed E-state index contributed by atoms with van der Waals surface area (Å²) in [5.41, 5.74) is 4.85. The van der Waals surface area contributed by atoms with Gasteiger partial charge in [-0.1, -0.05) is 43.2 Å². The van der Waals surface area contributed by atoms with E-state index in [0.717, 1.165) is 24.8 Å². The third-order valence-corrected chi connectivity index (χ3v) is 5.06. The van der Waals surface area contributed by atoms with Crippen LogP contribution >= 0.6 is 0 Å². The van der Waals surface area contributed by atoms with Crippen molar-refractivity contribution in [2.75, 3.05) is 6.61 Å². The standard InChI is InChI=1S/C19H26N4O4/c24-16(15-9-6-12-27-15)22-23-17(25)19(10-4-5-11-19)21-18(26)20-13-14-7-2-1-3-8-14/h1-3,7-8,15H,4-6,9-13H2,(H,22,24)(H,23,25)(H2,20,21,26). The molecule has 1 unspecified atom stereocenters. The second-order valence-electron chi connectivity index (χ2n) is 7.03. The lowest BCUT2D eigenvalue weighted by Gasteiger charge is -2.29. The zero-order valence-corrected chi connectivity index (χ0v) is 15.3. The molecular formula is C19H26N4O4. The average molecular weight is 374 g/mol. The quantitative estimate of drug-likeness (QED) is 0.579. The molecule has 0 bridgehead atoms. The molecule has 1 aromatic carbocycles. The summed E-state index contributed by atoms with van der Waals surface area (Å²) in [6.07, 6.45) is 3.71. The van der Waals surface area contributed by atoms with Crippen LogP contribution in [-0.2, 0) is 20.9 Å². The van der Waals surface area contributed by atoms with Crippen LogP contribution in [0.5, 0.6) is 0 Å². The topological polar surface area (TPSA) is 109 Å². The molecule has 4 N–H and O–H groups in total. The summed E-state index contributed by atoms with van der Waals surface area (Å²) in [4.78, 5) is 37.0. The summed E-state index contributed by atoms with van der Waals surface area (Å²) >= 11 is 0. The van der Waals surface area contributed by atoms with Crippen LogP contribution in [0.15, 0.2) is 30.3 Å². The number of nitrogens with one attached hydrogen (secondary N) is 4. The number of benzene rings is 1. The molecule has 8 heteroatoms. The highest BCUT2D eigenvalue weighted by Gasteiger charge is 2.43. The van der Waals surface area contributed by atoms with E-state index < -0.39 is 23.6 Å². The molecule has 2 fully saturated rings. The first-order valence-electron chi connectivity index (χ1n) is 9.41. The van der Waals surface area contributed by atoms with Gasteiger partial charge in [0.1, 0.15) is 11.6 Å². The monoisotopic (exact) mass is 374 g/mol. The first-order valence-corrected chi connectivity index (χ1v) is 9.41. The Balaban J connectivity index is 1.51. The van der Waals surface area contributed by atoms with Gasteiger partial charge in [-0.15, -0.1) is 0 Å². The van der Waals surface area contributed by atoms with Crippen molar-refractivity contribution in [1.29, 1.82) is 0 Å². The van der Waals surface area contributed by atoms with E-state index in [2.05, 4.69) is 21.5 Å². The Labute approximate surface area is 158 Å². The van der Waals surface area contributed by atoms with Gasteiger partial charge < -0.3 is 15.4 Å². The Hall–Kier alpha value is -2.61. The second-order valence-corrected chi connectivity index (χ2v) is 7.03. The van der Waals surface area contributed by atoms with E-state index in [-0.39, 0.29) is 5.91 Å². The smallest absolute Gasteiger partial charge is 0.315 e. The molecule has 2 aliphatic rings. The fraction of sp³-hybridized carbons (Fsp3) is 0.526. The van der Waals surface area contributed by atoms with E-state index >= 15 is 0 Å². The number of carbonyl (C=O) groups is 3. The first kappa shape index (κ1) is 19.2. The van der Waals surface area contributed by atoms with Gasteiger partial charge in [-0.3, -0.25) is 20.4 Å². The number of hydrogen-bond donors (Lipinski definition) is 4. The Bertz CT molecular complexity index is 668. The summed E-state index contributed by atoms with van der Waals surface area (Å²) in [6, 6.07) is 9.14. The van der Waals surface area contributed by atoms with Crippen molar-refractivity contribution in [2.45, 2.75) is 56.7 Å². The van der Waals surface area contributed by atoms with E-state index in [1.54, 1.807) is 0 Å². The van der Waals surface area contributed by atoms with E-state index in [4.69, 9.17) is 4.74 Å². The van der Waals surface area contributed by atoms with E-state index in [9.17, 15) is 14.4 Å². The lowest BCUT2D eigenvalue weighted by atomic mass is 9.97. The van der Waals surface area contributed by atoms with Crippen molar-refractivity contribution >= 4 is 17.8 Å². The molecule has 4 amide bonds. The molecule has 1 aliphatic heterocycles. The van der Waals surface area contributed by atoms with Gasteiger partial charge in [0.2, 0.25) is 0 Å². The van der Waals surface area contributed by atoms with Gasteiger partial charge in [0, 0.05) is 13.2 Å². The number of hydrazine groups is 1. The van der Waals surface area contributed by atoms with Crippen molar-refractivity contribution in [3.63, 3.8) is 0 Å². The van der Waals surface area contributed by atoms with Crippen LogP contribution in [0, 0.1) is 0 Å². The molecule has 1 aromatic rings. The molecular weight excluding hydrogens is 348 g/mol. The van der Waals surface area contributed by atoms with Gasteiger partial charge >= 0.3 is 6.03 Å². The number of urea groups is 1. The summed E-state index contributed by atoms with van der Waals surface area (Å²) in [6.45, 7) is 0.930. The molecule has 27 heavy (non-hydrogen) atoms. The van der Waals surface area contributed by atoms with Gasteiger partial charge in [-0.25, -0.2) is 4.79 Å². The van der Waals surface area contributed by atoms with Crippen LogP contribution in [-0.4, -0.2) is 36.1 Å². The maximum Gasteiger partial charge on any atom is 0.315 e. The molecule has 1 aliphatic carbocycles. The van der Waals surface area contributed by atoms with Crippen molar-refractivity contribution in [3.05, 3.63) is 35.9 Å². The van der Waals surface area contributed by atoms with Gasteiger partial charge in [0.05, 0.1) is 0 Å². The van der Waals surface area contributed by atoms with Crippen LogP contribution in [0.1, 0.15) is 44.1 Å². The molecule has 0 radical (unpaired) electrons. The molecule has 3 rings (SSSR count). The van der Waals surface area contributed by atoms with Gasteiger partial charge in [0.25, 0.3) is 11.8 Å². The van der Waals surface area contributed by atoms with E-state index in [1.165, 1.54) is 0 Å². The SMILES string of the molecule is O=C(NCc1ccccc1)NC1(C(=O)NNC(=O)C2CCCO2)CCCC1. The molecule has 1 atom stereocenters. The summed E-state index contributed by atoms with van der Waals surface area (Å²) < 4.78 is 5.29. The Morgan fingerprint density at radius 3 is 2.44 bits per heavy atom. The van der Waals surface area contributed by atoms with Crippen molar-refractivity contribution < 1.29 is 19.1 Å². The van der Waals surface area contributed by atoms with Gasteiger partial charge in [-0.05, 0) is 31.2 Å². The first-order chi connectivity index (χ1) is 13.1. The van der Waals surface area contributed by atoms with Gasteiger partial charge in [0.15, 0.2) is 0 Å². The summed E-state index contributed by atoms with van der Waals surface area (Å²) in [5.74, 6) is -0.760. The predicted molar refractivity (Wildman–Crippen MR) is 98.3 cm³/mol. The van der Waals surface area contributed by atoms with Crippen LogP contribution in [0.2, 0.25) is 0 Å². The molecule has 146 valence electrons. The Kier molecular flexibility index (Phi) is 6.28. The zero-order valence-electron chi connectivity index (χ0n) is 15.3. The Morgan fingerprint density at radius 2 is 1.78 bits per heavy atom. The lowest BCUT2D eigenvalue weighted by molar-refractivity contribution is -0.136. The molecule has 0 aromatic heterocycles. The van der Waals surface area contributed by atoms with Crippen molar-refractivity contribution in [2.24, 2.45) is 0 Å². The van der Waals surface area contributed by atoms with Crippen molar-refractivity contribution in [1.82, 2.24) is 21.5 Å². The minimum atomic E-state index is -1.01. The van der Waals surface area contributed by atoms with E-state index in [0.29, 0.717) is 32.4 Å². The number of hydrogen-bond acceptors (Lipinski definition) is 4. The number of rotatable bonds is 5. The van der Waals surface area contributed by atoms with Crippen LogP contribution < -0.4 is 21.5 Å². The number of amides is 4. The van der Waals surface area contributed by atoms with Gasteiger partial charge in [-0.2, -0.15) is 0 Å². The van der Waals surface area contributed by atoms with E-state index in [1.807, 2.05) is 30.3 Å². The minimum absolute atomic E-state index is 0.359. The molecule has 8 nitrogen and oxygen atoms in total. The third kappa shape index (κ3) is 4.97. The molecule has 1 heterocycles. The fourth-order valence-corrected chi connectivity index (χ4v) is 3.53. The van der Waals surface area contributed by atoms with Crippen molar-refractivity contribution in [3.8, 4) is 0 Å². The molecule has 1 saturated heterocycles. The second kappa shape index (κ2) is 8.85. The van der Waals surface area contributed by atoms with Crippen LogP contribution in [0.25, 0.3) is 0 Å². The molecule has 1 saturated carbocycles. The minimum Gasteiger partial charge on any atom is -0.368 e. The maximum absolute atomic E-state index is 12.7. The van der Waals surface area contributed by atoms with Crippen LogP contribution in [0.3, 0.4) is 0 Å². The summed E-state index contributed by atoms with van der Waals surface area (Å²) in [7, 11) is 0. The zero-order chi connectivity index (χ0) is 19.1. The Morgan fingerprint density at radius 1 is 1.04 bits per heavy atom. The normalized spacial score (nSPS) is 20.7. The predicted octanol–water partition coefficient (Wildman–Crippen LogP) is 1.12. The molecule has 0 spiro atoms. The highest BCUT2D eigenvalue weighted by Crippen LogP contribution is 2.29. The lowest BCUT2D eigenvalue weighted by Crippen LogP contribution is -2.62. The number of carbonyl (C=O) groups excluding carboxylic acids is 3. The summed E-state index contributed by atoms with van der Waals surface area (Å²) in [5, 5.41) is 5.59. The highest BCUT2D eigenvalue weighted by molar-refractivity contribution is 5.93. The highest BCUT2D eigenvalue weighted by atomic mass is 16.5. The third-order valence-electron chi connectivity index (χ3n) is 5.06.